The summed E-state index contributed by atoms with van der Waals surface area (Å²) < 4.78 is 11.7. The van der Waals surface area contributed by atoms with Crippen LogP contribution in [0.3, 0.4) is 0 Å². The van der Waals surface area contributed by atoms with E-state index < -0.39 is 0 Å². The van der Waals surface area contributed by atoms with Crippen molar-refractivity contribution in [2.75, 3.05) is 24.7 Å². The number of rotatable bonds is 5. The Balaban J connectivity index is 1.46. The number of hydrogen-bond acceptors (Lipinski definition) is 4. The zero-order valence-electron chi connectivity index (χ0n) is 13.1. The highest BCUT2D eigenvalue weighted by Crippen LogP contribution is 2.41. The second-order valence-electron chi connectivity index (χ2n) is 6.92. The molecule has 1 atom stereocenters. The van der Waals surface area contributed by atoms with Crippen molar-refractivity contribution < 1.29 is 14.3 Å². The molecule has 0 aromatic rings. The molecule has 0 amide bonds. The third-order valence-corrected chi connectivity index (χ3v) is 6.42. The summed E-state index contributed by atoms with van der Waals surface area (Å²) in [6.45, 7) is 3.63. The highest BCUT2D eigenvalue weighted by atomic mass is 32.2. The number of hydrogen-bond donors (Lipinski definition) is 0. The van der Waals surface area contributed by atoms with Crippen molar-refractivity contribution in [3.05, 3.63) is 0 Å². The van der Waals surface area contributed by atoms with Crippen molar-refractivity contribution in [2.45, 2.75) is 63.6 Å². The van der Waals surface area contributed by atoms with Gasteiger partial charge < -0.3 is 9.47 Å². The summed E-state index contributed by atoms with van der Waals surface area (Å²) in [6, 6.07) is 0. The predicted molar refractivity (Wildman–Crippen MR) is 85.7 cm³/mol. The molecule has 3 fully saturated rings. The van der Waals surface area contributed by atoms with Gasteiger partial charge in [-0.1, -0.05) is 0 Å². The van der Waals surface area contributed by atoms with Crippen LogP contribution in [0.25, 0.3) is 0 Å². The largest absolute Gasteiger partial charge is 0.378 e. The van der Waals surface area contributed by atoms with Gasteiger partial charge in [0.05, 0.1) is 11.7 Å². The summed E-state index contributed by atoms with van der Waals surface area (Å²) in [5.41, 5.74) is 0.0390. The van der Waals surface area contributed by atoms with Gasteiger partial charge in [0.2, 0.25) is 0 Å². The van der Waals surface area contributed by atoms with Crippen molar-refractivity contribution in [3.8, 4) is 0 Å². The minimum Gasteiger partial charge on any atom is -0.378 e. The Morgan fingerprint density at radius 1 is 1.33 bits per heavy atom. The van der Waals surface area contributed by atoms with Gasteiger partial charge >= 0.3 is 0 Å². The van der Waals surface area contributed by atoms with Crippen molar-refractivity contribution in [1.29, 1.82) is 0 Å². The normalized spacial score (nSPS) is 35.4. The summed E-state index contributed by atoms with van der Waals surface area (Å²) in [5.74, 6) is 3.72. The summed E-state index contributed by atoms with van der Waals surface area (Å²) in [6.07, 6.45) is 7.57. The molecule has 2 heterocycles. The summed E-state index contributed by atoms with van der Waals surface area (Å²) >= 11 is 2.02. The van der Waals surface area contributed by atoms with Crippen LogP contribution in [0.1, 0.15) is 51.9 Å². The summed E-state index contributed by atoms with van der Waals surface area (Å²) in [7, 11) is 0. The molecule has 0 radical (unpaired) electrons. The standard InChI is InChI=1S/C17H28O3S/c1-2-19-15-9-13(10-15)11-16(18)14-3-6-20-17(12-14)4-7-21-8-5-17/h13-15H,2-12H2,1H3. The maximum atomic E-state index is 12.6. The van der Waals surface area contributed by atoms with Gasteiger partial charge in [-0.2, -0.15) is 11.8 Å². The van der Waals surface area contributed by atoms with Gasteiger partial charge in [0.25, 0.3) is 0 Å². The minimum absolute atomic E-state index is 0.0390. The van der Waals surface area contributed by atoms with Crippen LogP contribution in [0.4, 0.5) is 0 Å². The number of ether oxygens (including phenoxy) is 2. The average Bonchev–Trinajstić information content (AvgIpc) is 2.46. The lowest BCUT2D eigenvalue weighted by Crippen LogP contribution is -2.45. The second-order valence-corrected chi connectivity index (χ2v) is 8.14. The van der Waals surface area contributed by atoms with E-state index in [0.717, 1.165) is 58.2 Å². The van der Waals surface area contributed by atoms with E-state index in [2.05, 4.69) is 0 Å². The van der Waals surface area contributed by atoms with Gasteiger partial charge in [-0.3, -0.25) is 4.79 Å². The molecule has 0 aromatic carbocycles. The maximum Gasteiger partial charge on any atom is 0.136 e. The number of thioether (sulfide) groups is 1. The Morgan fingerprint density at radius 3 is 2.81 bits per heavy atom. The molecule has 3 rings (SSSR count). The first-order chi connectivity index (χ1) is 10.2. The molecule has 1 saturated carbocycles. The molecule has 2 aliphatic heterocycles. The Morgan fingerprint density at radius 2 is 2.10 bits per heavy atom. The molecule has 21 heavy (non-hydrogen) atoms. The lowest BCUT2D eigenvalue weighted by molar-refractivity contribution is -0.141. The summed E-state index contributed by atoms with van der Waals surface area (Å²) in [5, 5.41) is 0. The molecule has 2 saturated heterocycles. The smallest absolute Gasteiger partial charge is 0.136 e. The van der Waals surface area contributed by atoms with Crippen LogP contribution >= 0.6 is 11.8 Å². The van der Waals surface area contributed by atoms with Gasteiger partial charge in [0.15, 0.2) is 0 Å². The molecule has 0 aromatic heterocycles. The fourth-order valence-electron chi connectivity index (χ4n) is 4.06. The Hall–Kier alpha value is -0.0600. The molecule has 3 nitrogen and oxygen atoms in total. The van der Waals surface area contributed by atoms with Gasteiger partial charge in [0.1, 0.15) is 5.78 Å². The van der Waals surface area contributed by atoms with Crippen molar-refractivity contribution in [1.82, 2.24) is 0 Å². The van der Waals surface area contributed by atoms with E-state index in [9.17, 15) is 4.79 Å². The highest BCUT2D eigenvalue weighted by Gasteiger charge is 2.41. The Kier molecular flexibility index (Phi) is 5.28. The quantitative estimate of drug-likeness (QED) is 0.779. The molecule has 1 unspecified atom stereocenters. The zero-order valence-corrected chi connectivity index (χ0v) is 14.0. The fourth-order valence-corrected chi connectivity index (χ4v) is 5.30. The van der Waals surface area contributed by atoms with E-state index in [-0.39, 0.29) is 11.5 Å². The van der Waals surface area contributed by atoms with E-state index in [1.165, 1.54) is 11.5 Å². The second kappa shape index (κ2) is 7.01. The highest BCUT2D eigenvalue weighted by molar-refractivity contribution is 7.99. The van der Waals surface area contributed by atoms with Crippen molar-refractivity contribution >= 4 is 17.5 Å². The number of carbonyl (C=O) groups excluding carboxylic acids is 1. The van der Waals surface area contributed by atoms with Crippen LogP contribution in [0.15, 0.2) is 0 Å². The lowest BCUT2D eigenvalue weighted by Gasteiger charge is -2.43. The van der Waals surface area contributed by atoms with Crippen LogP contribution in [-0.4, -0.2) is 42.2 Å². The molecular weight excluding hydrogens is 284 g/mol. The van der Waals surface area contributed by atoms with Gasteiger partial charge in [-0.15, -0.1) is 0 Å². The molecule has 0 N–H and O–H groups in total. The molecule has 3 aliphatic rings. The van der Waals surface area contributed by atoms with Crippen LogP contribution in [0, 0.1) is 11.8 Å². The number of Topliss-reactive ketones (excluding diaryl/α,β-unsaturated/α-hetero) is 1. The Bertz CT molecular complexity index is 354. The lowest BCUT2D eigenvalue weighted by atomic mass is 9.74. The third kappa shape index (κ3) is 3.83. The first-order valence-corrected chi connectivity index (χ1v) is 9.72. The summed E-state index contributed by atoms with van der Waals surface area (Å²) in [4.78, 5) is 12.6. The van der Waals surface area contributed by atoms with Gasteiger partial charge in [-0.05, 0) is 62.9 Å². The monoisotopic (exact) mass is 312 g/mol. The predicted octanol–water partition coefficient (Wildman–Crippen LogP) is 3.45. The number of ketones is 1. The molecule has 1 spiro atoms. The molecule has 120 valence electrons. The first kappa shape index (κ1) is 15.8. The minimum atomic E-state index is 0.0390. The van der Waals surface area contributed by atoms with E-state index >= 15 is 0 Å². The fraction of sp³-hybridized carbons (Fsp3) is 0.941. The zero-order chi connectivity index (χ0) is 14.7. The van der Waals surface area contributed by atoms with Crippen LogP contribution in [0.5, 0.6) is 0 Å². The van der Waals surface area contributed by atoms with E-state index in [0.29, 0.717) is 17.8 Å². The van der Waals surface area contributed by atoms with Crippen LogP contribution in [-0.2, 0) is 14.3 Å². The van der Waals surface area contributed by atoms with Crippen molar-refractivity contribution in [3.63, 3.8) is 0 Å². The molecule has 4 heteroatoms. The topological polar surface area (TPSA) is 35.5 Å². The van der Waals surface area contributed by atoms with E-state index in [1.807, 2.05) is 18.7 Å². The van der Waals surface area contributed by atoms with E-state index in [4.69, 9.17) is 9.47 Å². The third-order valence-electron chi connectivity index (χ3n) is 5.44. The average molecular weight is 312 g/mol. The van der Waals surface area contributed by atoms with Gasteiger partial charge in [0, 0.05) is 25.6 Å². The SMILES string of the molecule is CCOC1CC(CC(=O)C2CCOC3(CCSCC3)C2)C1. The molecule has 0 bridgehead atoms. The van der Waals surface area contributed by atoms with E-state index in [1.54, 1.807) is 0 Å². The maximum absolute atomic E-state index is 12.6. The molecule has 1 aliphatic carbocycles. The number of carbonyl (C=O) groups is 1. The Labute approximate surface area is 132 Å². The van der Waals surface area contributed by atoms with Crippen LogP contribution < -0.4 is 0 Å². The van der Waals surface area contributed by atoms with Crippen molar-refractivity contribution in [2.24, 2.45) is 11.8 Å². The van der Waals surface area contributed by atoms with Gasteiger partial charge in [-0.25, -0.2) is 0 Å². The molecular formula is C17H28O3S. The first-order valence-electron chi connectivity index (χ1n) is 8.57. The van der Waals surface area contributed by atoms with Crippen LogP contribution in [0.2, 0.25) is 0 Å².